The van der Waals surface area contributed by atoms with E-state index in [2.05, 4.69) is 84.9 Å². The molecule has 5 aromatic carbocycles. The average molecular weight is 475 g/mol. The minimum atomic E-state index is 0. The van der Waals surface area contributed by atoms with Gasteiger partial charge in [0.15, 0.2) is 0 Å². The molecule has 0 nitrogen and oxygen atoms in total. The third kappa shape index (κ3) is 2.36. The second-order valence-corrected chi connectivity index (χ2v) is 5.95. The third-order valence-electron chi connectivity index (χ3n) is 4.52. The third-order valence-corrected chi connectivity index (χ3v) is 4.52. The van der Waals surface area contributed by atoms with Crippen LogP contribution in [0.5, 0.6) is 0 Å². The Hall–Kier alpha value is -2.12. The van der Waals surface area contributed by atoms with Crippen molar-refractivity contribution >= 4 is 43.1 Å². The largest absolute Gasteiger partial charge is 0.0616 e. The monoisotopic (exact) mass is 475 g/mol. The van der Waals surface area contributed by atoms with Crippen LogP contribution in [0.4, 0.5) is 0 Å². The van der Waals surface area contributed by atoms with Crippen molar-refractivity contribution in [3.05, 3.63) is 84.9 Å². The van der Waals surface area contributed by atoms with E-state index in [0.717, 1.165) is 0 Å². The van der Waals surface area contributed by atoms with E-state index < -0.39 is 0 Å². The summed E-state index contributed by atoms with van der Waals surface area (Å²) in [6.45, 7) is 0. The van der Waals surface area contributed by atoms with Crippen molar-refractivity contribution in [3.8, 4) is 0 Å². The fraction of sp³-hybridized carbons (Fsp3) is 0. The molecule has 0 unspecified atom stereocenters. The molecular formula is C22H14Au. The standard InChI is InChI=1S/C22H14.Au/c1-2-6-16-10-20-14-22-12-18-8-4-3-7-17(18)11-21(22)13-19(20)9-15(16)5-1;/h1-14H;. The van der Waals surface area contributed by atoms with Crippen molar-refractivity contribution in [1.29, 1.82) is 0 Å². The van der Waals surface area contributed by atoms with Crippen LogP contribution in [0.3, 0.4) is 0 Å². The Morgan fingerprint density at radius 3 is 0.783 bits per heavy atom. The topological polar surface area (TPSA) is 0 Å². The van der Waals surface area contributed by atoms with Crippen molar-refractivity contribution in [2.45, 2.75) is 0 Å². The van der Waals surface area contributed by atoms with Gasteiger partial charge < -0.3 is 0 Å². The van der Waals surface area contributed by atoms with Gasteiger partial charge in [0.1, 0.15) is 0 Å². The molecule has 0 bridgehead atoms. The summed E-state index contributed by atoms with van der Waals surface area (Å²) in [5.41, 5.74) is 0. The number of fused-ring (bicyclic) bond motifs is 4. The van der Waals surface area contributed by atoms with Gasteiger partial charge in [-0.3, -0.25) is 0 Å². The maximum atomic E-state index is 2.31. The molecule has 0 fully saturated rings. The Morgan fingerprint density at radius 2 is 0.522 bits per heavy atom. The van der Waals surface area contributed by atoms with Crippen molar-refractivity contribution < 1.29 is 22.4 Å². The van der Waals surface area contributed by atoms with Crippen LogP contribution in [0.1, 0.15) is 0 Å². The predicted molar refractivity (Wildman–Crippen MR) is 96.5 cm³/mol. The van der Waals surface area contributed by atoms with E-state index in [4.69, 9.17) is 0 Å². The van der Waals surface area contributed by atoms with Gasteiger partial charge in [0.25, 0.3) is 0 Å². The Balaban J connectivity index is 0.00000135. The molecule has 113 valence electrons. The zero-order chi connectivity index (χ0) is 14.5. The summed E-state index contributed by atoms with van der Waals surface area (Å²) in [7, 11) is 0. The Labute approximate surface area is 150 Å². The first-order chi connectivity index (χ1) is 10.9. The van der Waals surface area contributed by atoms with Crippen LogP contribution in [0.15, 0.2) is 84.9 Å². The minimum absolute atomic E-state index is 0. The Bertz CT molecular complexity index is 988. The summed E-state index contributed by atoms with van der Waals surface area (Å²) in [6.07, 6.45) is 0. The van der Waals surface area contributed by atoms with Crippen molar-refractivity contribution in [3.63, 3.8) is 0 Å². The number of rotatable bonds is 0. The molecule has 1 radical (unpaired) electrons. The van der Waals surface area contributed by atoms with Crippen molar-refractivity contribution in [2.24, 2.45) is 0 Å². The fourth-order valence-corrected chi connectivity index (χ4v) is 3.39. The van der Waals surface area contributed by atoms with E-state index in [-0.39, 0.29) is 22.4 Å². The van der Waals surface area contributed by atoms with Crippen molar-refractivity contribution in [2.75, 3.05) is 0 Å². The van der Waals surface area contributed by atoms with Crippen LogP contribution in [0.25, 0.3) is 43.1 Å². The molecule has 0 aromatic heterocycles. The summed E-state index contributed by atoms with van der Waals surface area (Å²) in [5.74, 6) is 0. The van der Waals surface area contributed by atoms with Gasteiger partial charge in [-0.15, -0.1) is 0 Å². The van der Waals surface area contributed by atoms with Crippen LogP contribution in [0, 0.1) is 0 Å². The zero-order valence-electron chi connectivity index (χ0n) is 12.4. The van der Waals surface area contributed by atoms with Gasteiger partial charge >= 0.3 is 0 Å². The van der Waals surface area contributed by atoms with E-state index in [1.807, 2.05) is 0 Å². The summed E-state index contributed by atoms with van der Waals surface area (Å²) in [4.78, 5) is 0. The number of hydrogen-bond donors (Lipinski definition) is 0. The SMILES string of the molecule is [Au].c1ccc2cc3cc4cc5ccccc5cc4cc3cc2c1. The molecule has 0 N–H and O–H groups in total. The Kier molecular flexibility index (Phi) is 3.46. The van der Waals surface area contributed by atoms with Gasteiger partial charge in [-0.05, 0) is 79.5 Å². The molecule has 0 aliphatic carbocycles. The van der Waals surface area contributed by atoms with E-state index in [1.165, 1.54) is 43.1 Å². The number of hydrogen-bond acceptors (Lipinski definition) is 0. The molecule has 0 spiro atoms. The van der Waals surface area contributed by atoms with Crippen LogP contribution in [-0.2, 0) is 22.4 Å². The van der Waals surface area contributed by atoms with Gasteiger partial charge in [-0.25, -0.2) is 0 Å². The van der Waals surface area contributed by atoms with Crippen LogP contribution < -0.4 is 0 Å². The van der Waals surface area contributed by atoms with Gasteiger partial charge in [-0.2, -0.15) is 0 Å². The first-order valence-electron chi connectivity index (χ1n) is 7.62. The van der Waals surface area contributed by atoms with Gasteiger partial charge in [0, 0.05) is 22.4 Å². The van der Waals surface area contributed by atoms with E-state index in [9.17, 15) is 0 Å². The molecule has 0 aliphatic rings. The molecule has 5 rings (SSSR count). The second-order valence-electron chi connectivity index (χ2n) is 5.95. The minimum Gasteiger partial charge on any atom is -0.0616 e. The molecule has 0 amide bonds. The molecule has 5 aromatic rings. The number of benzene rings is 5. The first kappa shape index (κ1) is 14.5. The zero-order valence-corrected chi connectivity index (χ0v) is 14.6. The second kappa shape index (κ2) is 5.50. The molecule has 0 saturated carbocycles. The van der Waals surface area contributed by atoms with E-state index in [1.54, 1.807) is 0 Å². The molecule has 0 aliphatic heterocycles. The predicted octanol–water partition coefficient (Wildman–Crippen LogP) is 6.30. The Morgan fingerprint density at radius 1 is 0.304 bits per heavy atom. The van der Waals surface area contributed by atoms with Crippen molar-refractivity contribution in [1.82, 2.24) is 0 Å². The van der Waals surface area contributed by atoms with E-state index >= 15 is 0 Å². The van der Waals surface area contributed by atoms with Gasteiger partial charge in [0.2, 0.25) is 0 Å². The first-order valence-corrected chi connectivity index (χ1v) is 7.62. The summed E-state index contributed by atoms with van der Waals surface area (Å²) in [5, 5.41) is 10.4. The van der Waals surface area contributed by atoms with Gasteiger partial charge in [0.05, 0.1) is 0 Å². The molecule has 1 heteroatoms. The summed E-state index contributed by atoms with van der Waals surface area (Å²) in [6, 6.07) is 30.9. The maximum Gasteiger partial charge on any atom is 0 e. The fourth-order valence-electron chi connectivity index (χ4n) is 3.39. The van der Waals surface area contributed by atoms with Gasteiger partial charge in [-0.1, -0.05) is 48.5 Å². The molecule has 23 heavy (non-hydrogen) atoms. The normalized spacial score (nSPS) is 11.1. The molecule has 0 saturated heterocycles. The van der Waals surface area contributed by atoms with E-state index in [0.29, 0.717) is 0 Å². The molecular weight excluding hydrogens is 461 g/mol. The van der Waals surface area contributed by atoms with Crippen LogP contribution in [0.2, 0.25) is 0 Å². The quantitative estimate of drug-likeness (QED) is 0.182. The van der Waals surface area contributed by atoms with Crippen LogP contribution >= 0.6 is 0 Å². The average Bonchev–Trinajstić information content (AvgIpc) is 2.56. The van der Waals surface area contributed by atoms with Crippen LogP contribution in [-0.4, -0.2) is 0 Å². The summed E-state index contributed by atoms with van der Waals surface area (Å²) >= 11 is 0. The smallest absolute Gasteiger partial charge is 0 e. The molecule has 0 heterocycles. The maximum absolute atomic E-state index is 2.31. The summed E-state index contributed by atoms with van der Waals surface area (Å²) < 4.78 is 0. The molecule has 0 atom stereocenters.